The maximum atomic E-state index is 5.46. The third-order valence-electron chi connectivity index (χ3n) is 1.52. The summed E-state index contributed by atoms with van der Waals surface area (Å²) >= 11 is 0. The van der Waals surface area contributed by atoms with Crippen molar-refractivity contribution >= 4 is 0 Å². The first kappa shape index (κ1) is 10.9. The van der Waals surface area contributed by atoms with E-state index in [9.17, 15) is 0 Å². The van der Waals surface area contributed by atoms with Crippen molar-refractivity contribution in [3.63, 3.8) is 0 Å². The highest BCUT2D eigenvalue weighted by Crippen LogP contribution is 2.02. The molecule has 0 aliphatic rings. The molecule has 0 spiro atoms. The lowest BCUT2D eigenvalue weighted by Crippen LogP contribution is -2.19. The Bertz CT molecular complexity index is 68.0. The first-order chi connectivity index (χ1) is 5.35. The van der Waals surface area contributed by atoms with Crippen molar-refractivity contribution in [2.24, 2.45) is 0 Å². The first-order valence-electron chi connectivity index (χ1n) is 4.54. The summed E-state index contributed by atoms with van der Waals surface area (Å²) in [7, 11) is 0. The van der Waals surface area contributed by atoms with Crippen LogP contribution < -0.4 is 0 Å². The minimum atomic E-state index is 0.310. The van der Waals surface area contributed by atoms with Crippen molar-refractivity contribution < 1.29 is 9.47 Å². The molecule has 11 heavy (non-hydrogen) atoms. The Labute approximate surface area is 69.9 Å². The lowest BCUT2D eigenvalue weighted by Gasteiger charge is -2.15. The summed E-state index contributed by atoms with van der Waals surface area (Å²) < 4.78 is 10.7. The fraction of sp³-hybridized carbons (Fsp3) is 1.00. The van der Waals surface area contributed by atoms with Gasteiger partial charge in [-0.05, 0) is 20.3 Å². The Balaban J connectivity index is 3.34. The van der Waals surface area contributed by atoms with E-state index in [1.807, 2.05) is 13.8 Å². The number of rotatable bonds is 7. The maximum absolute atomic E-state index is 5.46. The van der Waals surface area contributed by atoms with Gasteiger partial charge in [-0.15, -0.1) is 0 Å². The van der Waals surface area contributed by atoms with E-state index < -0.39 is 0 Å². The van der Waals surface area contributed by atoms with Gasteiger partial charge in [0.15, 0.2) is 0 Å². The second kappa shape index (κ2) is 8.02. The van der Waals surface area contributed by atoms with Gasteiger partial charge in [0.1, 0.15) is 0 Å². The molecule has 0 radical (unpaired) electrons. The van der Waals surface area contributed by atoms with E-state index in [0.29, 0.717) is 6.10 Å². The van der Waals surface area contributed by atoms with Gasteiger partial charge in [-0.2, -0.15) is 0 Å². The van der Waals surface area contributed by atoms with Gasteiger partial charge in [0.25, 0.3) is 0 Å². The van der Waals surface area contributed by atoms with Crippen LogP contribution in [0, 0.1) is 0 Å². The van der Waals surface area contributed by atoms with Gasteiger partial charge in [-0.3, -0.25) is 0 Å². The zero-order valence-electron chi connectivity index (χ0n) is 7.93. The summed E-state index contributed by atoms with van der Waals surface area (Å²) in [4.78, 5) is 0. The molecule has 0 aromatic heterocycles. The van der Waals surface area contributed by atoms with Gasteiger partial charge in [0, 0.05) is 13.2 Å². The van der Waals surface area contributed by atoms with Gasteiger partial charge >= 0.3 is 0 Å². The topological polar surface area (TPSA) is 18.5 Å². The molecule has 0 heterocycles. The van der Waals surface area contributed by atoms with E-state index in [0.717, 1.165) is 32.7 Å². The summed E-state index contributed by atoms with van der Waals surface area (Å²) in [5, 5.41) is 0. The molecule has 1 atom stereocenters. The van der Waals surface area contributed by atoms with Crippen molar-refractivity contribution in [2.75, 3.05) is 19.8 Å². The van der Waals surface area contributed by atoms with Gasteiger partial charge < -0.3 is 9.47 Å². The van der Waals surface area contributed by atoms with E-state index in [1.54, 1.807) is 0 Å². The molecule has 0 bridgehead atoms. The van der Waals surface area contributed by atoms with Crippen LogP contribution in [0.15, 0.2) is 0 Å². The average molecular weight is 160 g/mol. The van der Waals surface area contributed by atoms with Crippen LogP contribution in [0.1, 0.15) is 33.6 Å². The number of hydrogen-bond acceptors (Lipinski definition) is 2. The Hall–Kier alpha value is -0.0800. The predicted molar refractivity (Wildman–Crippen MR) is 46.8 cm³/mol. The Morgan fingerprint density at radius 3 is 2.27 bits per heavy atom. The van der Waals surface area contributed by atoms with Crippen LogP contribution in [0.2, 0.25) is 0 Å². The van der Waals surface area contributed by atoms with Crippen molar-refractivity contribution in [2.45, 2.75) is 39.7 Å². The quantitative estimate of drug-likeness (QED) is 0.568. The Kier molecular flexibility index (Phi) is 7.96. The molecule has 0 aromatic carbocycles. The molecule has 2 heteroatoms. The largest absolute Gasteiger partial charge is 0.379 e. The minimum Gasteiger partial charge on any atom is -0.379 e. The van der Waals surface area contributed by atoms with Crippen molar-refractivity contribution in [3.05, 3.63) is 0 Å². The molecule has 0 aliphatic carbocycles. The van der Waals surface area contributed by atoms with E-state index in [-0.39, 0.29) is 0 Å². The minimum absolute atomic E-state index is 0.310. The SMILES string of the molecule is CCCC(COCC)OCC. The summed E-state index contributed by atoms with van der Waals surface area (Å²) in [5.74, 6) is 0. The van der Waals surface area contributed by atoms with Gasteiger partial charge in [-0.25, -0.2) is 0 Å². The van der Waals surface area contributed by atoms with E-state index in [4.69, 9.17) is 9.47 Å². The molecule has 68 valence electrons. The normalized spacial score (nSPS) is 13.4. The molecule has 0 N–H and O–H groups in total. The van der Waals surface area contributed by atoms with Gasteiger partial charge in [0.2, 0.25) is 0 Å². The van der Waals surface area contributed by atoms with Crippen LogP contribution in [-0.4, -0.2) is 25.9 Å². The second-order valence-corrected chi connectivity index (χ2v) is 2.53. The maximum Gasteiger partial charge on any atom is 0.0808 e. The lowest BCUT2D eigenvalue weighted by molar-refractivity contribution is -0.0126. The third-order valence-corrected chi connectivity index (χ3v) is 1.52. The lowest BCUT2D eigenvalue weighted by atomic mass is 10.2. The zero-order chi connectivity index (χ0) is 8.53. The van der Waals surface area contributed by atoms with E-state index >= 15 is 0 Å². The van der Waals surface area contributed by atoms with E-state index in [2.05, 4.69) is 6.92 Å². The Morgan fingerprint density at radius 1 is 1.09 bits per heavy atom. The standard InChI is InChI=1S/C9H20O2/c1-4-7-9(11-6-3)8-10-5-2/h9H,4-8H2,1-3H3. The van der Waals surface area contributed by atoms with Crippen LogP contribution >= 0.6 is 0 Å². The average Bonchev–Trinajstić information content (AvgIpc) is 2.01. The predicted octanol–water partition coefficient (Wildman–Crippen LogP) is 2.23. The summed E-state index contributed by atoms with van der Waals surface area (Å²) in [6.07, 6.45) is 2.58. The van der Waals surface area contributed by atoms with Crippen molar-refractivity contribution in [1.82, 2.24) is 0 Å². The fourth-order valence-corrected chi connectivity index (χ4v) is 1.02. The molecule has 0 aliphatic heterocycles. The zero-order valence-corrected chi connectivity index (χ0v) is 7.93. The van der Waals surface area contributed by atoms with E-state index in [1.165, 1.54) is 0 Å². The van der Waals surface area contributed by atoms with Crippen LogP contribution in [0.4, 0.5) is 0 Å². The van der Waals surface area contributed by atoms with Crippen molar-refractivity contribution in [3.8, 4) is 0 Å². The monoisotopic (exact) mass is 160 g/mol. The summed E-state index contributed by atoms with van der Waals surface area (Å²) in [6.45, 7) is 8.52. The highest BCUT2D eigenvalue weighted by Gasteiger charge is 2.05. The molecule has 0 aromatic rings. The van der Waals surface area contributed by atoms with Crippen molar-refractivity contribution in [1.29, 1.82) is 0 Å². The molecular formula is C9H20O2. The number of hydrogen-bond donors (Lipinski definition) is 0. The molecule has 1 unspecified atom stereocenters. The molecule has 0 fully saturated rings. The highest BCUT2D eigenvalue weighted by atomic mass is 16.5. The summed E-state index contributed by atoms with van der Waals surface area (Å²) in [6, 6.07) is 0. The molecular weight excluding hydrogens is 140 g/mol. The van der Waals surface area contributed by atoms with Crippen LogP contribution in [0.5, 0.6) is 0 Å². The highest BCUT2D eigenvalue weighted by molar-refractivity contribution is 4.54. The van der Waals surface area contributed by atoms with Crippen LogP contribution in [0.25, 0.3) is 0 Å². The molecule has 0 saturated heterocycles. The molecule has 0 rings (SSSR count). The Morgan fingerprint density at radius 2 is 1.82 bits per heavy atom. The smallest absolute Gasteiger partial charge is 0.0808 e. The summed E-state index contributed by atoms with van der Waals surface area (Å²) in [5.41, 5.74) is 0. The molecule has 2 nitrogen and oxygen atoms in total. The fourth-order valence-electron chi connectivity index (χ4n) is 1.02. The van der Waals surface area contributed by atoms with Gasteiger partial charge in [-0.1, -0.05) is 13.3 Å². The van der Waals surface area contributed by atoms with Gasteiger partial charge in [0.05, 0.1) is 12.7 Å². The second-order valence-electron chi connectivity index (χ2n) is 2.53. The molecule has 0 saturated carbocycles. The number of ether oxygens (including phenoxy) is 2. The van der Waals surface area contributed by atoms with Crippen LogP contribution in [-0.2, 0) is 9.47 Å². The molecule has 0 amide bonds. The van der Waals surface area contributed by atoms with Crippen LogP contribution in [0.3, 0.4) is 0 Å². The first-order valence-corrected chi connectivity index (χ1v) is 4.54. The third kappa shape index (κ3) is 6.32.